The minimum absolute atomic E-state index is 0.0480. The molecule has 0 fully saturated rings. The molecule has 5 nitrogen and oxygen atoms in total. The van der Waals surface area contributed by atoms with Crippen LogP contribution < -0.4 is 10.2 Å². The standard InChI is InChI=1S/C14H15N3O2/c1-10(18)16-6-5-12-9-17(19-2)14-4-3-11(8-15)7-13(12)14/h3-4,7,9H,5-6H2,1-2H3,(H,16,18). The highest BCUT2D eigenvalue weighted by atomic mass is 16.6. The number of hydrogen-bond acceptors (Lipinski definition) is 3. The van der Waals surface area contributed by atoms with E-state index in [-0.39, 0.29) is 5.91 Å². The Morgan fingerprint density at radius 1 is 1.53 bits per heavy atom. The Bertz CT molecular complexity index is 652. The zero-order valence-electron chi connectivity index (χ0n) is 10.9. The fourth-order valence-corrected chi connectivity index (χ4v) is 2.06. The molecule has 0 aliphatic rings. The number of hydrogen-bond donors (Lipinski definition) is 1. The lowest BCUT2D eigenvalue weighted by atomic mass is 10.1. The Hall–Kier alpha value is -2.48. The maximum Gasteiger partial charge on any atom is 0.216 e. The molecular formula is C14H15N3O2. The molecule has 5 heteroatoms. The van der Waals surface area contributed by atoms with Crippen LogP contribution in [-0.4, -0.2) is 24.3 Å². The van der Waals surface area contributed by atoms with Crippen molar-refractivity contribution in [3.05, 3.63) is 35.5 Å². The fraction of sp³-hybridized carbons (Fsp3) is 0.286. The van der Waals surface area contributed by atoms with E-state index in [2.05, 4.69) is 11.4 Å². The third-order valence-electron chi connectivity index (χ3n) is 2.95. The minimum Gasteiger partial charge on any atom is -0.417 e. The highest BCUT2D eigenvalue weighted by molar-refractivity contribution is 5.85. The molecule has 0 bridgehead atoms. The van der Waals surface area contributed by atoms with Crippen LogP contribution in [-0.2, 0) is 11.2 Å². The molecular weight excluding hydrogens is 242 g/mol. The van der Waals surface area contributed by atoms with Gasteiger partial charge in [-0.05, 0) is 30.2 Å². The summed E-state index contributed by atoms with van der Waals surface area (Å²) in [7, 11) is 1.59. The molecule has 2 aromatic rings. The summed E-state index contributed by atoms with van der Waals surface area (Å²) in [4.78, 5) is 16.1. The first kappa shape index (κ1) is 13.0. The number of carbonyl (C=O) groups excluding carboxylic acids is 1. The topological polar surface area (TPSA) is 67.0 Å². The van der Waals surface area contributed by atoms with Crippen molar-refractivity contribution >= 4 is 16.8 Å². The Labute approximate surface area is 111 Å². The second kappa shape index (κ2) is 5.44. The minimum atomic E-state index is -0.0480. The average Bonchev–Trinajstić information content (AvgIpc) is 2.76. The van der Waals surface area contributed by atoms with Crippen LogP contribution in [0.1, 0.15) is 18.1 Å². The van der Waals surface area contributed by atoms with Crippen molar-refractivity contribution in [2.45, 2.75) is 13.3 Å². The van der Waals surface area contributed by atoms with Crippen LogP contribution in [0.4, 0.5) is 0 Å². The highest BCUT2D eigenvalue weighted by Gasteiger charge is 2.09. The number of carbonyl (C=O) groups is 1. The smallest absolute Gasteiger partial charge is 0.216 e. The van der Waals surface area contributed by atoms with Crippen LogP contribution in [0, 0.1) is 11.3 Å². The lowest BCUT2D eigenvalue weighted by Gasteiger charge is -2.01. The number of rotatable bonds is 4. The van der Waals surface area contributed by atoms with Gasteiger partial charge in [-0.3, -0.25) is 4.79 Å². The Balaban J connectivity index is 2.36. The molecule has 1 N–H and O–H groups in total. The number of nitriles is 1. The second-order valence-electron chi connectivity index (χ2n) is 4.24. The first-order valence-electron chi connectivity index (χ1n) is 5.98. The molecule has 0 atom stereocenters. The highest BCUT2D eigenvalue weighted by Crippen LogP contribution is 2.22. The van der Waals surface area contributed by atoms with Crippen LogP contribution in [0.25, 0.3) is 10.9 Å². The van der Waals surface area contributed by atoms with E-state index < -0.39 is 0 Å². The quantitative estimate of drug-likeness (QED) is 0.896. The average molecular weight is 257 g/mol. The van der Waals surface area contributed by atoms with E-state index in [0.29, 0.717) is 18.5 Å². The van der Waals surface area contributed by atoms with Crippen molar-refractivity contribution in [3.63, 3.8) is 0 Å². The largest absolute Gasteiger partial charge is 0.417 e. The van der Waals surface area contributed by atoms with Gasteiger partial charge in [0.1, 0.15) is 7.11 Å². The maximum atomic E-state index is 10.9. The van der Waals surface area contributed by atoms with Gasteiger partial charge in [-0.1, -0.05) is 0 Å². The zero-order valence-corrected chi connectivity index (χ0v) is 10.9. The van der Waals surface area contributed by atoms with Gasteiger partial charge in [-0.25, -0.2) is 0 Å². The molecule has 98 valence electrons. The first-order valence-corrected chi connectivity index (χ1v) is 5.98. The summed E-state index contributed by atoms with van der Waals surface area (Å²) in [6.07, 6.45) is 2.58. The molecule has 0 spiro atoms. The van der Waals surface area contributed by atoms with Crippen molar-refractivity contribution in [1.82, 2.24) is 10.0 Å². The predicted octanol–water partition coefficient (Wildman–Crippen LogP) is 1.25. The van der Waals surface area contributed by atoms with Crippen molar-refractivity contribution in [3.8, 4) is 6.07 Å². The maximum absolute atomic E-state index is 10.9. The Kier molecular flexibility index (Phi) is 3.71. The van der Waals surface area contributed by atoms with E-state index in [4.69, 9.17) is 10.1 Å². The van der Waals surface area contributed by atoms with Gasteiger partial charge < -0.3 is 10.2 Å². The van der Waals surface area contributed by atoms with E-state index in [9.17, 15) is 4.79 Å². The third-order valence-corrected chi connectivity index (χ3v) is 2.95. The van der Waals surface area contributed by atoms with Crippen molar-refractivity contribution < 1.29 is 9.63 Å². The van der Waals surface area contributed by atoms with Gasteiger partial charge in [0.15, 0.2) is 0 Å². The number of fused-ring (bicyclic) bond motifs is 1. The Morgan fingerprint density at radius 3 is 2.95 bits per heavy atom. The molecule has 0 saturated carbocycles. The molecule has 19 heavy (non-hydrogen) atoms. The normalized spacial score (nSPS) is 10.2. The Morgan fingerprint density at radius 2 is 2.32 bits per heavy atom. The molecule has 0 unspecified atom stereocenters. The number of nitrogens with one attached hydrogen (secondary N) is 1. The summed E-state index contributed by atoms with van der Waals surface area (Å²) in [6.45, 7) is 2.06. The summed E-state index contributed by atoms with van der Waals surface area (Å²) in [5, 5.41) is 12.7. The molecule has 1 aromatic carbocycles. The van der Waals surface area contributed by atoms with E-state index >= 15 is 0 Å². The van der Waals surface area contributed by atoms with E-state index in [1.54, 1.807) is 17.9 Å². The number of nitrogens with zero attached hydrogens (tertiary/aromatic N) is 2. The lowest BCUT2D eigenvalue weighted by molar-refractivity contribution is -0.118. The van der Waals surface area contributed by atoms with Crippen LogP contribution in [0.3, 0.4) is 0 Å². The van der Waals surface area contributed by atoms with E-state index in [1.165, 1.54) is 6.92 Å². The van der Waals surface area contributed by atoms with Crippen LogP contribution >= 0.6 is 0 Å². The molecule has 0 radical (unpaired) electrons. The molecule has 1 aromatic heterocycles. The molecule has 0 aliphatic heterocycles. The van der Waals surface area contributed by atoms with Crippen molar-refractivity contribution in [2.75, 3.05) is 13.7 Å². The molecule has 0 saturated heterocycles. The predicted molar refractivity (Wildman–Crippen MR) is 71.5 cm³/mol. The van der Waals surface area contributed by atoms with Crippen LogP contribution in [0.2, 0.25) is 0 Å². The van der Waals surface area contributed by atoms with Gasteiger partial charge in [0.25, 0.3) is 0 Å². The number of aromatic nitrogens is 1. The lowest BCUT2D eigenvalue weighted by Crippen LogP contribution is -2.22. The van der Waals surface area contributed by atoms with Gasteiger partial charge >= 0.3 is 0 Å². The number of amides is 1. The van der Waals surface area contributed by atoms with E-state index in [1.807, 2.05) is 18.3 Å². The summed E-state index contributed by atoms with van der Waals surface area (Å²) >= 11 is 0. The SMILES string of the molecule is COn1cc(CCNC(C)=O)c2cc(C#N)ccc21. The van der Waals surface area contributed by atoms with Gasteiger partial charge in [0.05, 0.1) is 17.1 Å². The van der Waals surface area contributed by atoms with Gasteiger partial charge in [0.2, 0.25) is 5.91 Å². The molecule has 1 amide bonds. The second-order valence-corrected chi connectivity index (χ2v) is 4.24. The monoisotopic (exact) mass is 257 g/mol. The van der Waals surface area contributed by atoms with Crippen molar-refractivity contribution in [1.29, 1.82) is 5.26 Å². The fourth-order valence-electron chi connectivity index (χ4n) is 2.06. The van der Waals surface area contributed by atoms with E-state index in [0.717, 1.165) is 16.5 Å². The molecule has 2 rings (SSSR count). The molecule has 0 aliphatic carbocycles. The summed E-state index contributed by atoms with van der Waals surface area (Å²) in [5.41, 5.74) is 2.57. The van der Waals surface area contributed by atoms with Crippen molar-refractivity contribution in [2.24, 2.45) is 0 Å². The third kappa shape index (κ3) is 2.68. The van der Waals surface area contributed by atoms with Gasteiger partial charge in [0, 0.05) is 25.1 Å². The van der Waals surface area contributed by atoms with Crippen LogP contribution in [0.15, 0.2) is 24.4 Å². The zero-order chi connectivity index (χ0) is 13.8. The van der Waals surface area contributed by atoms with Gasteiger partial charge in [-0.15, -0.1) is 0 Å². The summed E-state index contributed by atoms with van der Waals surface area (Å²) in [5.74, 6) is -0.0480. The van der Waals surface area contributed by atoms with Crippen LogP contribution in [0.5, 0.6) is 0 Å². The molecule has 1 heterocycles. The summed E-state index contributed by atoms with van der Waals surface area (Å²) < 4.78 is 1.67. The first-order chi connectivity index (χ1) is 9.15. The number of benzene rings is 1. The summed E-state index contributed by atoms with van der Waals surface area (Å²) in [6, 6.07) is 7.59. The van der Waals surface area contributed by atoms with Gasteiger partial charge in [-0.2, -0.15) is 9.99 Å².